The minimum absolute atomic E-state index is 0.136. The Morgan fingerprint density at radius 1 is 0.964 bits per heavy atom. The van der Waals surface area contributed by atoms with Gasteiger partial charge in [-0.3, -0.25) is 14.5 Å². The first-order valence-corrected chi connectivity index (χ1v) is 20.1. The van der Waals surface area contributed by atoms with E-state index in [-0.39, 0.29) is 29.6 Å². The third-order valence-corrected chi connectivity index (χ3v) is 12.9. The Kier molecular flexibility index (Phi) is 10.7. The molecule has 8 rings (SSSR count). The van der Waals surface area contributed by atoms with Gasteiger partial charge in [0.25, 0.3) is 11.8 Å². The van der Waals surface area contributed by atoms with Gasteiger partial charge in [-0.2, -0.15) is 13.8 Å². The molecule has 0 unspecified atom stereocenters. The van der Waals surface area contributed by atoms with Crippen molar-refractivity contribution in [3.8, 4) is 5.75 Å². The highest BCUT2D eigenvalue weighted by Gasteiger charge is 2.49. The normalized spacial score (nSPS) is 22.3. The minimum atomic E-state index is -3.55. The van der Waals surface area contributed by atoms with Gasteiger partial charge < -0.3 is 30.1 Å². The molecule has 294 valence electrons. The van der Waals surface area contributed by atoms with Crippen LogP contribution in [0.5, 0.6) is 5.75 Å². The van der Waals surface area contributed by atoms with Crippen molar-refractivity contribution in [1.29, 1.82) is 0 Å². The lowest BCUT2D eigenvalue weighted by Gasteiger charge is -2.52. The zero-order chi connectivity index (χ0) is 38.2. The zero-order valence-corrected chi connectivity index (χ0v) is 32.1. The summed E-state index contributed by atoms with van der Waals surface area (Å²) in [5.41, 5.74) is 3.00. The molecule has 1 aromatic heterocycles. The number of ether oxygens (including phenoxy) is 1. The van der Waals surface area contributed by atoms with Crippen molar-refractivity contribution >= 4 is 35.0 Å². The molecule has 13 heteroatoms. The topological polar surface area (TPSA) is 106 Å². The molecule has 0 atom stereocenters. The van der Waals surface area contributed by atoms with E-state index < -0.39 is 18.4 Å². The number of anilines is 4. The van der Waals surface area contributed by atoms with Crippen LogP contribution in [0.1, 0.15) is 80.1 Å². The molecular formula is C42H54F2N8O3. The van der Waals surface area contributed by atoms with E-state index in [0.29, 0.717) is 28.2 Å². The summed E-state index contributed by atoms with van der Waals surface area (Å²) in [5, 5.41) is 6.41. The molecule has 2 aliphatic carbocycles. The van der Waals surface area contributed by atoms with Gasteiger partial charge in [0.05, 0.1) is 25.5 Å². The SMILES string of the molecule is COc1cc(C(=O)NC2CC3(CCN(CC4CCN(Cc5ccccc5)CC4)CC3)C2)ccc1Nc1ncc2c(n1)N(C1CCCC1)CC(F)(F)C(=O)N2C. The van der Waals surface area contributed by atoms with Crippen LogP contribution in [0.2, 0.25) is 0 Å². The molecule has 2 N–H and O–H groups in total. The number of fused-ring (bicyclic) bond motifs is 1. The standard InChI is InChI=1S/C42H54F2N8O3/c1-49-35-25-45-40(48-37(35)52(33-10-6-7-11-33)28-42(43,44)39(49)54)47-34-13-12-31(22-36(34)55-2)38(53)46-32-23-41(24-32)16-20-51(21-17-41)27-30-14-18-50(19-15-30)26-29-8-4-3-5-9-29/h3-5,8-9,12-13,22,25,30,32-33H,6-7,10-11,14-21,23-24,26-28H2,1-2H3,(H,46,53)(H,45,47,48). The number of methoxy groups -OCH3 is 1. The molecule has 2 aromatic carbocycles. The second kappa shape index (κ2) is 15.6. The highest BCUT2D eigenvalue weighted by molar-refractivity contribution is 6.02. The van der Waals surface area contributed by atoms with Crippen molar-refractivity contribution in [2.24, 2.45) is 11.3 Å². The summed E-state index contributed by atoms with van der Waals surface area (Å²) in [6, 6.07) is 16.0. The van der Waals surface area contributed by atoms with Crippen molar-refractivity contribution < 1.29 is 23.1 Å². The number of alkyl halides is 2. The molecule has 2 saturated heterocycles. The van der Waals surface area contributed by atoms with Gasteiger partial charge in [0.15, 0.2) is 5.82 Å². The van der Waals surface area contributed by atoms with Crippen LogP contribution >= 0.6 is 0 Å². The summed E-state index contributed by atoms with van der Waals surface area (Å²) < 4.78 is 35.7. The molecule has 0 radical (unpaired) electrons. The number of amides is 2. The quantitative estimate of drug-likeness (QED) is 0.241. The van der Waals surface area contributed by atoms with Gasteiger partial charge in [0.1, 0.15) is 11.4 Å². The van der Waals surface area contributed by atoms with Crippen molar-refractivity contribution in [2.75, 3.05) is 68.5 Å². The number of likely N-dealkylation sites (tertiary alicyclic amines) is 2. The number of aromatic nitrogens is 2. The zero-order valence-electron chi connectivity index (χ0n) is 32.1. The lowest BCUT2D eigenvalue weighted by molar-refractivity contribution is -0.140. The summed E-state index contributed by atoms with van der Waals surface area (Å²) >= 11 is 0. The molecule has 2 amide bonds. The Hall–Kier alpha value is -4.36. The van der Waals surface area contributed by atoms with Crippen molar-refractivity contribution in [3.05, 3.63) is 65.9 Å². The van der Waals surface area contributed by atoms with E-state index >= 15 is 8.78 Å². The van der Waals surface area contributed by atoms with Crippen LogP contribution in [-0.2, 0) is 11.3 Å². The van der Waals surface area contributed by atoms with Gasteiger partial charge in [-0.05, 0) is 113 Å². The number of carbonyl (C=O) groups excluding carboxylic acids is 2. The van der Waals surface area contributed by atoms with E-state index in [0.717, 1.165) is 69.0 Å². The lowest BCUT2D eigenvalue weighted by atomic mass is 9.60. The monoisotopic (exact) mass is 756 g/mol. The first kappa shape index (κ1) is 37.6. The molecule has 4 heterocycles. The van der Waals surface area contributed by atoms with Crippen LogP contribution < -0.4 is 25.2 Å². The Morgan fingerprint density at radius 2 is 1.69 bits per heavy atom. The number of nitrogens with one attached hydrogen (secondary N) is 2. The first-order chi connectivity index (χ1) is 26.6. The second-order valence-electron chi connectivity index (χ2n) is 16.7. The number of hydrogen-bond acceptors (Lipinski definition) is 9. The molecule has 2 saturated carbocycles. The van der Waals surface area contributed by atoms with Crippen LogP contribution in [0.4, 0.5) is 31.9 Å². The van der Waals surface area contributed by atoms with Crippen molar-refractivity contribution in [3.63, 3.8) is 0 Å². The molecule has 0 bridgehead atoms. The van der Waals surface area contributed by atoms with Crippen LogP contribution in [0.25, 0.3) is 0 Å². The van der Waals surface area contributed by atoms with E-state index in [9.17, 15) is 9.59 Å². The summed E-state index contributed by atoms with van der Waals surface area (Å²) in [7, 11) is 2.86. The van der Waals surface area contributed by atoms with E-state index in [1.807, 2.05) is 0 Å². The predicted molar refractivity (Wildman–Crippen MR) is 209 cm³/mol. The number of hydrogen-bond donors (Lipinski definition) is 2. The Labute approximate surface area is 322 Å². The van der Waals surface area contributed by atoms with E-state index in [4.69, 9.17) is 4.74 Å². The molecular weight excluding hydrogens is 703 g/mol. The minimum Gasteiger partial charge on any atom is -0.495 e. The van der Waals surface area contributed by atoms with E-state index in [1.54, 1.807) is 23.1 Å². The van der Waals surface area contributed by atoms with E-state index in [1.165, 1.54) is 71.2 Å². The molecule has 5 aliphatic rings. The smallest absolute Gasteiger partial charge is 0.342 e. The maximum Gasteiger partial charge on any atom is 0.342 e. The maximum absolute atomic E-state index is 15.0. The van der Waals surface area contributed by atoms with Gasteiger partial charge >= 0.3 is 5.92 Å². The van der Waals surface area contributed by atoms with Crippen molar-refractivity contribution in [1.82, 2.24) is 25.1 Å². The largest absolute Gasteiger partial charge is 0.495 e. The molecule has 11 nitrogen and oxygen atoms in total. The number of carbonyl (C=O) groups is 2. The number of halogens is 2. The van der Waals surface area contributed by atoms with Gasteiger partial charge in [0.2, 0.25) is 5.95 Å². The van der Waals surface area contributed by atoms with E-state index in [2.05, 4.69) is 60.7 Å². The van der Waals surface area contributed by atoms with Crippen molar-refractivity contribution in [2.45, 2.75) is 88.8 Å². The Morgan fingerprint density at radius 3 is 2.40 bits per heavy atom. The van der Waals surface area contributed by atoms with Crippen LogP contribution in [0, 0.1) is 11.3 Å². The fraction of sp³-hybridized carbons (Fsp3) is 0.571. The average molecular weight is 757 g/mol. The Bertz CT molecular complexity index is 1830. The second-order valence-corrected chi connectivity index (χ2v) is 16.7. The number of piperidine rings is 2. The summed E-state index contributed by atoms with van der Waals surface area (Å²) in [5.74, 6) is -3.28. The summed E-state index contributed by atoms with van der Waals surface area (Å²) in [4.78, 5) is 42.9. The highest BCUT2D eigenvalue weighted by atomic mass is 19.3. The Balaban J connectivity index is 0.829. The molecule has 4 fully saturated rings. The van der Waals surface area contributed by atoms with Gasteiger partial charge in [-0.25, -0.2) is 4.98 Å². The molecule has 55 heavy (non-hydrogen) atoms. The third kappa shape index (κ3) is 8.14. The van der Waals surface area contributed by atoms with Crippen LogP contribution in [0.15, 0.2) is 54.7 Å². The number of benzene rings is 2. The lowest BCUT2D eigenvalue weighted by Crippen LogP contribution is -2.55. The van der Waals surface area contributed by atoms with Gasteiger partial charge in [0, 0.05) is 37.8 Å². The number of nitrogens with zero attached hydrogens (tertiary/aromatic N) is 6. The maximum atomic E-state index is 15.0. The van der Waals surface area contributed by atoms with Gasteiger partial charge in [-0.1, -0.05) is 43.2 Å². The molecule has 3 aliphatic heterocycles. The number of rotatable bonds is 10. The first-order valence-electron chi connectivity index (χ1n) is 20.1. The third-order valence-electron chi connectivity index (χ3n) is 12.9. The highest BCUT2D eigenvalue weighted by Crippen LogP contribution is 2.49. The van der Waals surface area contributed by atoms with Crippen LogP contribution in [0.3, 0.4) is 0 Å². The molecule has 1 spiro atoms. The summed E-state index contributed by atoms with van der Waals surface area (Å²) in [6.07, 6.45) is 11.8. The summed E-state index contributed by atoms with van der Waals surface area (Å²) in [6.45, 7) is 6.18. The molecule has 3 aromatic rings. The van der Waals surface area contributed by atoms with Crippen LogP contribution in [-0.4, -0.2) is 103 Å². The van der Waals surface area contributed by atoms with Gasteiger partial charge in [-0.15, -0.1) is 0 Å². The average Bonchev–Trinajstić information content (AvgIpc) is 3.71. The fourth-order valence-electron chi connectivity index (χ4n) is 9.67. The predicted octanol–water partition coefficient (Wildman–Crippen LogP) is 6.48. The fourth-order valence-corrected chi connectivity index (χ4v) is 9.67.